The second-order valence-electron chi connectivity index (χ2n) is 5.96. The molecule has 1 aromatic rings. The van der Waals surface area contributed by atoms with E-state index in [0.29, 0.717) is 30.7 Å². The first-order valence-corrected chi connectivity index (χ1v) is 7.48. The minimum atomic E-state index is -0.186. The third-order valence-corrected chi connectivity index (χ3v) is 3.53. The average Bonchev–Trinajstić information content (AvgIpc) is 3.21. The highest BCUT2D eigenvalue weighted by Crippen LogP contribution is 2.33. The lowest BCUT2D eigenvalue weighted by Crippen LogP contribution is -2.29. The number of hydrogen-bond donors (Lipinski definition) is 2. The Balaban J connectivity index is 2.00. The molecule has 0 saturated heterocycles. The van der Waals surface area contributed by atoms with E-state index >= 15 is 0 Å². The van der Waals surface area contributed by atoms with Gasteiger partial charge in [-0.05, 0) is 43.0 Å². The summed E-state index contributed by atoms with van der Waals surface area (Å²) in [7, 11) is 0. The van der Waals surface area contributed by atoms with Crippen molar-refractivity contribution in [1.29, 1.82) is 0 Å². The molecule has 1 aliphatic rings. The quantitative estimate of drug-likeness (QED) is 0.768. The summed E-state index contributed by atoms with van der Waals surface area (Å²) in [5.74, 6) is 0.406. The third kappa shape index (κ3) is 4.18. The van der Waals surface area contributed by atoms with Crippen LogP contribution in [0.3, 0.4) is 0 Å². The number of hydrogen-bond acceptors (Lipinski definition) is 3. The number of halogens is 1. The first kappa shape index (κ1) is 15.3. The minimum Gasteiger partial charge on any atom is -0.395 e. The van der Waals surface area contributed by atoms with Crippen LogP contribution in [0, 0.1) is 11.7 Å². The SMILES string of the molecule is CC(C)CNCc1ccc(N(CCO)C2CC2)c(F)c1. The number of benzene rings is 1. The molecule has 2 rings (SSSR count). The van der Waals surface area contributed by atoms with E-state index in [1.54, 1.807) is 6.07 Å². The predicted octanol–water partition coefficient (Wildman–Crippen LogP) is 2.53. The van der Waals surface area contributed by atoms with Crippen molar-refractivity contribution in [2.45, 2.75) is 39.3 Å². The van der Waals surface area contributed by atoms with E-state index in [-0.39, 0.29) is 12.4 Å². The number of nitrogens with one attached hydrogen (secondary N) is 1. The van der Waals surface area contributed by atoms with Gasteiger partial charge in [0.25, 0.3) is 0 Å². The minimum absolute atomic E-state index is 0.0631. The molecule has 4 heteroatoms. The highest BCUT2D eigenvalue weighted by molar-refractivity contribution is 5.51. The van der Waals surface area contributed by atoms with E-state index in [1.165, 1.54) is 0 Å². The second kappa shape index (κ2) is 7.04. The standard InChI is InChI=1S/C16H25FN2O/c1-12(2)10-18-11-13-3-6-16(15(17)9-13)19(7-8-20)14-4-5-14/h3,6,9,12,14,18,20H,4-5,7-8,10-11H2,1-2H3. The van der Waals surface area contributed by atoms with Gasteiger partial charge in [0, 0.05) is 19.1 Å². The van der Waals surface area contributed by atoms with Gasteiger partial charge in [-0.1, -0.05) is 19.9 Å². The smallest absolute Gasteiger partial charge is 0.146 e. The molecule has 0 bridgehead atoms. The molecule has 1 aliphatic carbocycles. The van der Waals surface area contributed by atoms with Gasteiger partial charge in [0.1, 0.15) is 5.82 Å². The maximum Gasteiger partial charge on any atom is 0.146 e. The largest absolute Gasteiger partial charge is 0.395 e. The third-order valence-electron chi connectivity index (χ3n) is 3.53. The van der Waals surface area contributed by atoms with Crippen molar-refractivity contribution in [2.75, 3.05) is 24.6 Å². The summed E-state index contributed by atoms with van der Waals surface area (Å²) in [6.07, 6.45) is 2.19. The molecule has 1 aromatic carbocycles. The molecule has 0 aromatic heterocycles. The van der Waals surface area contributed by atoms with Crippen LogP contribution in [0.2, 0.25) is 0 Å². The zero-order valence-corrected chi connectivity index (χ0v) is 12.4. The van der Waals surface area contributed by atoms with Crippen LogP contribution in [-0.4, -0.2) is 30.8 Å². The van der Waals surface area contributed by atoms with Crippen LogP contribution in [0.4, 0.5) is 10.1 Å². The summed E-state index contributed by atoms with van der Waals surface area (Å²) in [5, 5.41) is 12.4. The van der Waals surface area contributed by atoms with Gasteiger partial charge < -0.3 is 15.3 Å². The first-order chi connectivity index (χ1) is 9.61. The van der Waals surface area contributed by atoms with E-state index in [0.717, 1.165) is 24.9 Å². The summed E-state index contributed by atoms with van der Waals surface area (Å²) in [6.45, 7) is 6.50. The van der Waals surface area contributed by atoms with Crippen LogP contribution in [0.1, 0.15) is 32.3 Å². The molecule has 112 valence electrons. The maximum absolute atomic E-state index is 14.2. The molecule has 2 N–H and O–H groups in total. The van der Waals surface area contributed by atoms with Gasteiger partial charge in [-0.3, -0.25) is 0 Å². The highest BCUT2D eigenvalue weighted by Gasteiger charge is 2.30. The van der Waals surface area contributed by atoms with Crippen LogP contribution >= 0.6 is 0 Å². The van der Waals surface area contributed by atoms with Gasteiger partial charge in [0.2, 0.25) is 0 Å². The van der Waals surface area contributed by atoms with Crippen LogP contribution < -0.4 is 10.2 Å². The topological polar surface area (TPSA) is 35.5 Å². The van der Waals surface area contributed by atoms with Gasteiger partial charge >= 0.3 is 0 Å². The molecular formula is C16H25FN2O. The van der Waals surface area contributed by atoms with Gasteiger partial charge in [0.15, 0.2) is 0 Å². The van der Waals surface area contributed by atoms with Crippen molar-refractivity contribution >= 4 is 5.69 Å². The molecule has 1 saturated carbocycles. The fraction of sp³-hybridized carbons (Fsp3) is 0.625. The Labute approximate surface area is 120 Å². The Kier molecular flexibility index (Phi) is 5.38. The maximum atomic E-state index is 14.2. The lowest BCUT2D eigenvalue weighted by atomic mass is 10.1. The van der Waals surface area contributed by atoms with Crippen LogP contribution in [-0.2, 0) is 6.54 Å². The van der Waals surface area contributed by atoms with Crippen molar-refractivity contribution in [3.63, 3.8) is 0 Å². The second-order valence-corrected chi connectivity index (χ2v) is 5.96. The van der Waals surface area contributed by atoms with Gasteiger partial charge in [-0.2, -0.15) is 0 Å². The summed E-state index contributed by atoms with van der Waals surface area (Å²) >= 11 is 0. The molecule has 0 atom stereocenters. The van der Waals surface area contributed by atoms with Crippen molar-refractivity contribution in [3.05, 3.63) is 29.6 Å². The molecular weight excluding hydrogens is 255 g/mol. The lowest BCUT2D eigenvalue weighted by molar-refractivity contribution is 0.301. The Morgan fingerprint density at radius 3 is 2.70 bits per heavy atom. The molecule has 0 spiro atoms. The lowest BCUT2D eigenvalue weighted by Gasteiger charge is -2.24. The van der Waals surface area contributed by atoms with Crippen molar-refractivity contribution < 1.29 is 9.50 Å². The first-order valence-electron chi connectivity index (χ1n) is 7.48. The normalized spacial score (nSPS) is 14.8. The summed E-state index contributed by atoms with van der Waals surface area (Å²) < 4.78 is 14.2. The van der Waals surface area contributed by atoms with E-state index < -0.39 is 0 Å². The Bertz CT molecular complexity index is 432. The number of nitrogens with zero attached hydrogens (tertiary/aromatic N) is 1. The van der Waals surface area contributed by atoms with E-state index in [9.17, 15) is 4.39 Å². The predicted molar refractivity (Wildman–Crippen MR) is 80.4 cm³/mol. The molecule has 0 heterocycles. The van der Waals surface area contributed by atoms with Crippen LogP contribution in [0.25, 0.3) is 0 Å². The Hall–Kier alpha value is -1.13. The van der Waals surface area contributed by atoms with Gasteiger partial charge in [-0.25, -0.2) is 4.39 Å². The van der Waals surface area contributed by atoms with Gasteiger partial charge in [-0.15, -0.1) is 0 Å². The van der Waals surface area contributed by atoms with Crippen molar-refractivity contribution in [2.24, 2.45) is 5.92 Å². The molecule has 0 unspecified atom stereocenters. The fourth-order valence-electron chi connectivity index (χ4n) is 2.39. The number of anilines is 1. The van der Waals surface area contributed by atoms with Crippen LogP contribution in [0.15, 0.2) is 18.2 Å². The summed E-state index contributed by atoms with van der Waals surface area (Å²) in [5.41, 5.74) is 1.58. The fourth-order valence-corrected chi connectivity index (χ4v) is 2.39. The molecule has 3 nitrogen and oxygen atoms in total. The monoisotopic (exact) mass is 280 g/mol. The van der Waals surface area contributed by atoms with Gasteiger partial charge in [0.05, 0.1) is 12.3 Å². The van der Waals surface area contributed by atoms with E-state index in [2.05, 4.69) is 19.2 Å². The number of rotatable bonds is 8. The van der Waals surface area contributed by atoms with Crippen molar-refractivity contribution in [3.8, 4) is 0 Å². The Morgan fingerprint density at radius 2 is 2.15 bits per heavy atom. The van der Waals surface area contributed by atoms with E-state index in [1.807, 2.05) is 17.0 Å². The zero-order valence-electron chi connectivity index (χ0n) is 12.4. The Morgan fingerprint density at radius 1 is 1.40 bits per heavy atom. The van der Waals surface area contributed by atoms with Crippen LogP contribution in [0.5, 0.6) is 0 Å². The highest BCUT2D eigenvalue weighted by atomic mass is 19.1. The molecule has 0 radical (unpaired) electrons. The molecule has 1 fully saturated rings. The molecule has 0 amide bonds. The summed E-state index contributed by atoms with van der Waals surface area (Å²) in [6, 6.07) is 5.82. The van der Waals surface area contributed by atoms with E-state index in [4.69, 9.17) is 5.11 Å². The molecule has 0 aliphatic heterocycles. The number of aliphatic hydroxyl groups is 1. The molecule has 20 heavy (non-hydrogen) atoms. The number of aliphatic hydroxyl groups excluding tert-OH is 1. The average molecular weight is 280 g/mol. The van der Waals surface area contributed by atoms with Crippen molar-refractivity contribution in [1.82, 2.24) is 5.32 Å². The summed E-state index contributed by atoms with van der Waals surface area (Å²) in [4.78, 5) is 1.99. The zero-order chi connectivity index (χ0) is 14.5.